The molecule has 0 radical (unpaired) electrons. The predicted molar refractivity (Wildman–Crippen MR) is 60.0 cm³/mol. The van der Waals surface area contributed by atoms with E-state index in [9.17, 15) is 18.0 Å². The summed E-state index contributed by atoms with van der Waals surface area (Å²) in [6.07, 6.45) is -3.48. The van der Waals surface area contributed by atoms with Crippen molar-refractivity contribution in [2.75, 3.05) is 0 Å². The summed E-state index contributed by atoms with van der Waals surface area (Å²) >= 11 is 0. The molecule has 0 spiro atoms. The van der Waals surface area contributed by atoms with Gasteiger partial charge in [0.1, 0.15) is 0 Å². The van der Waals surface area contributed by atoms with Crippen LogP contribution in [0, 0.1) is 0 Å². The summed E-state index contributed by atoms with van der Waals surface area (Å²) in [5, 5.41) is 8.75. The Labute approximate surface area is 102 Å². The average Bonchev–Trinajstić information content (AvgIpc) is 2.27. The van der Waals surface area contributed by atoms with Gasteiger partial charge in [0.05, 0.1) is 0 Å². The molecule has 1 aromatic rings. The Kier molecular flexibility index (Phi) is 4.01. The first-order valence-corrected chi connectivity index (χ1v) is 5.42. The van der Waals surface area contributed by atoms with Gasteiger partial charge >= 0.3 is 12.1 Å². The van der Waals surface area contributed by atoms with Crippen molar-refractivity contribution in [3.63, 3.8) is 0 Å². The topological polar surface area (TPSA) is 63.3 Å². The molecular weight excluding hydrogens is 247 g/mol. The highest BCUT2D eigenvalue weighted by atomic mass is 19.4. The second-order valence-corrected chi connectivity index (χ2v) is 4.06. The van der Waals surface area contributed by atoms with E-state index in [1.165, 1.54) is 12.1 Å². The van der Waals surface area contributed by atoms with Gasteiger partial charge in [0.2, 0.25) is 5.54 Å². The van der Waals surface area contributed by atoms with Crippen LogP contribution in [0.15, 0.2) is 24.3 Å². The van der Waals surface area contributed by atoms with Crippen molar-refractivity contribution in [2.24, 2.45) is 5.73 Å². The molecule has 0 bridgehead atoms. The molecular formula is C12H14F3NO2. The summed E-state index contributed by atoms with van der Waals surface area (Å²) in [6, 6.07) is 5.17. The minimum atomic E-state index is -5.05. The van der Waals surface area contributed by atoms with E-state index in [-0.39, 0.29) is 0 Å². The van der Waals surface area contributed by atoms with E-state index in [4.69, 9.17) is 10.8 Å². The zero-order chi connectivity index (χ0) is 14.0. The van der Waals surface area contributed by atoms with Crippen LogP contribution in [0.2, 0.25) is 0 Å². The largest absolute Gasteiger partial charge is 0.479 e. The van der Waals surface area contributed by atoms with Crippen LogP contribution in [0.25, 0.3) is 0 Å². The summed E-state index contributed by atoms with van der Waals surface area (Å²) in [5.74, 6) is -2.11. The Morgan fingerprint density at radius 1 is 1.28 bits per heavy atom. The summed E-state index contributed by atoms with van der Waals surface area (Å²) in [7, 11) is 0. The van der Waals surface area contributed by atoms with E-state index in [1.54, 1.807) is 0 Å². The molecule has 100 valence electrons. The highest BCUT2D eigenvalue weighted by Crippen LogP contribution is 2.37. The fourth-order valence-corrected chi connectivity index (χ4v) is 1.63. The number of benzene rings is 1. The summed E-state index contributed by atoms with van der Waals surface area (Å²) in [5.41, 5.74) is 2.05. The number of hydrogen-bond donors (Lipinski definition) is 2. The number of carbonyl (C=O) groups is 1. The molecule has 0 saturated carbocycles. The molecule has 1 aromatic carbocycles. The number of nitrogens with two attached hydrogens (primary N) is 1. The Hall–Kier alpha value is -1.56. The zero-order valence-electron chi connectivity index (χ0n) is 9.79. The van der Waals surface area contributed by atoms with E-state index in [0.29, 0.717) is 0 Å². The third-order valence-electron chi connectivity index (χ3n) is 2.73. The molecule has 1 unspecified atom stereocenters. The Morgan fingerprint density at radius 3 is 2.11 bits per heavy atom. The van der Waals surface area contributed by atoms with Gasteiger partial charge in [-0.3, -0.25) is 0 Å². The standard InChI is InChI=1S/C12H14F3NO2/c1-2-3-8-4-6-9(7-5-8)11(16,10(17)18)12(13,14)15/h4-7H,2-3,16H2,1H3,(H,17,18). The molecule has 0 aliphatic rings. The number of aliphatic carboxylic acids is 1. The van der Waals surface area contributed by atoms with Crippen molar-refractivity contribution >= 4 is 5.97 Å². The molecule has 0 aliphatic heterocycles. The van der Waals surface area contributed by atoms with Crippen molar-refractivity contribution in [3.8, 4) is 0 Å². The first kappa shape index (κ1) is 14.5. The summed E-state index contributed by atoms with van der Waals surface area (Å²) < 4.78 is 38.4. The molecule has 0 aliphatic carbocycles. The lowest BCUT2D eigenvalue weighted by Crippen LogP contribution is -2.56. The molecule has 0 heterocycles. The van der Waals surface area contributed by atoms with E-state index < -0.39 is 23.2 Å². The van der Waals surface area contributed by atoms with Gasteiger partial charge in [-0.25, -0.2) is 4.79 Å². The van der Waals surface area contributed by atoms with Crippen LogP contribution < -0.4 is 5.73 Å². The lowest BCUT2D eigenvalue weighted by molar-refractivity contribution is -0.204. The molecule has 3 N–H and O–H groups in total. The quantitative estimate of drug-likeness (QED) is 0.875. The number of aryl methyl sites for hydroxylation is 1. The van der Waals surface area contributed by atoms with E-state index >= 15 is 0 Å². The van der Waals surface area contributed by atoms with Crippen molar-refractivity contribution in [1.82, 2.24) is 0 Å². The molecule has 0 amide bonds. The summed E-state index contributed by atoms with van der Waals surface area (Å²) in [6.45, 7) is 1.94. The number of rotatable bonds is 4. The number of halogens is 3. The van der Waals surface area contributed by atoms with Crippen LogP contribution in [0.1, 0.15) is 24.5 Å². The monoisotopic (exact) mass is 261 g/mol. The van der Waals surface area contributed by atoms with Gasteiger partial charge in [0, 0.05) is 0 Å². The van der Waals surface area contributed by atoms with Crippen LogP contribution in [0.4, 0.5) is 13.2 Å². The van der Waals surface area contributed by atoms with Crippen LogP contribution in [0.5, 0.6) is 0 Å². The fourth-order valence-electron chi connectivity index (χ4n) is 1.63. The lowest BCUT2D eigenvalue weighted by Gasteiger charge is -2.27. The maximum atomic E-state index is 12.8. The average molecular weight is 261 g/mol. The highest BCUT2D eigenvalue weighted by molar-refractivity contribution is 5.81. The molecule has 0 aromatic heterocycles. The second kappa shape index (κ2) is 4.97. The zero-order valence-corrected chi connectivity index (χ0v) is 9.79. The maximum absolute atomic E-state index is 12.8. The van der Waals surface area contributed by atoms with Crippen LogP contribution in [-0.2, 0) is 16.8 Å². The van der Waals surface area contributed by atoms with Gasteiger partial charge in [-0.2, -0.15) is 13.2 Å². The molecule has 18 heavy (non-hydrogen) atoms. The second-order valence-electron chi connectivity index (χ2n) is 4.06. The molecule has 6 heteroatoms. The van der Waals surface area contributed by atoms with Gasteiger partial charge in [-0.05, 0) is 17.5 Å². The Bertz CT molecular complexity index is 428. The van der Waals surface area contributed by atoms with Crippen LogP contribution in [0.3, 0.4) is 0 Å². The summed E-state index contributed by atoms with van der Waals surface area (Å²) in [4.78, 5) is 10.8. The molecule has 1 atom stereocenters. The van der Waals surface area contributed by atoms with Gasteiger partial charge in [-0.15, -0.1) is 0 Å². The van der Waals surface area contributed by atoms with Gasteiger partial charge in [0.25, 0.3) is 0 Å². The van der Waals surface area contributed by atoms with Crippen molar-refractivity contribution in [1.29, 1.82) is 0 Å². The third kappa shape index (κ3) is 2.48. The van der Waals surface area contributed by atoms with Gasteiger partial charge < -0.3 is 10.8 Å². The normalized spacial score (nSPS) is 15.2. The Morgan fingerprint density at radius 2 is 1.78 bits per heavy atom. The van der Waals surface area contributed by atoms with Gasteiger partial charge in [0.15, 0.2) is 0 Å². The van der Waals surface area contributed by atoms with Crippen molar-refractivity contribution < 1.29 is 23.1 Å². The van der Waals surface area contributed by atoms with Crippen LogP contribution in [-0.4, -0.2) is 17.3 Å². The minimum Gasteiger partial charge on any atom is -0.479 e. The first-order chi connectivity index (χ1) is 8.23. The van der Waals surface area contributed by atoms with E-state index in [0.717, 1.165) is 30.5 Å². The number of carboxylic acid groups (broad SMARTS) is 1. The first-order valence-electron chi connectivity index (χ1n) is 5.42. The number of carboxylic acids is 1. The Balaban J connectivity index is 3.20. The van der Waals surface area contributed by atoms with Crippen molar-refractivity contribution in [2.45, 2.75) is 31.5 Å². The fraction of sp³-hybridized carbons (Fsp3) is 0.417. The van der Waals surface area contributed by atoms with Crippen molar-refractivity contribution in [3.05, 3.63) is 35.4 Å². The molecule has 0 fully saturated rings. The van der Waals surface area contributed by atoms with E-state index in [2.05, 4.69) is 0 Å². The highest BCUT2D eigenvalue weighted by Gasteiger charge is 2.59. The van der Waals surface area contributed by atoms with Gasteiger partial charge in [-0.1, -0.05) is 37.6 Å². The third-order valence-corrected chi connectivity index (χ3v) is 2.73. The number of hydrogen-bond acceptors (Lipinski definition) is 2. The van der Waals surface area contributed by atoms with E-state index in [1.807, 2.05) is 6.92 Å². The smallest absolute Gasteiger partial charge is 0.421 e. The van der Waals surface area contributed by atoms with Crippen LogP contribution >= 0.6 is 0 Å². The molecule has 1 rings (SSSR count). The molecule has 0 saturated heterocycles. The minimum absolute atomic E-state index is 0.470. The predicted octanol–water partition coefficient (Wildman–Crippen LogP) is 2.44. The molecule has 3 nitrogen and oxygen atoms in total. The SMILES string of the molecule is CCCc1ccc(C(N)(C(=O)O)C(F)(F)F)cc1. The lowest BCUT2D eigenvalue weighted by atomic mass is 9.89. The number of alkyl halides is 3. The maximum Gasteiger partial charge on any atom is 0.421 e.